The molecular formula is C15H19NO3S. The van der Waals surface area contributed by atoms with Crippen LogP contribution in [0, 0.1) is 11.8 Å². The van der Waals surface area contributed by atoms with Crippen LogP contribution in [0.3, 0.4) is 0 Å². The second-order valence-corrected chi connectivity index (χ2v) is 6.70. The fraction of sp³-hybridized carbons (Fsp3) is 0.467. The summed E-state index contributed by atoms with van der Waals surface area (Å²) in [6, 6.07) is 6.70. The van der Waals surface area contributed by atoms with E-state index in [1.165, 1.54) is 0 Å². The highest BCUT2D eigenvalue weighted by Gasteiger charge is 2.34. The van der Waals surface area contributed by atoms with Crippen LogP contribution < -0.4 is 0 Å². The Labute approximate surface area is 120 Å². The Bertz CT molecular complexity index is 628. The molecule has 2 rings (SSSR count). The Morgan fingerprint density at radius 1 is 1.45 bits per heavy atom. The monoisotopic (exact) mass is 293 g/mol. The first-order valence-corrected chi connectivity index (χ1v) is 8.25. The zero-order valence-corrected chi connectivity index (χ0v) is 12.4. The molecule has 20 heavy (non-hydrogen) atoms. The molecule has 5 heteroatoms. The van der Waals surface area contributed by atoms with Gasteiger partial charge in [-0.2, -0.15) is 4.31 Å². The third kappa shape index (κ3) is 3.04. The predicted octanol–water partition coefficient (Wildman–Crippen LogP) is 1.59. The average Bonchev–Trinajstić information content (AvgIpc) is 2.94. The molecule has 1 aliphatic heterocycles. The highest BCUT2D eigenvalue weighted by atomic mass is 32.2. The summed E-state index contributed by atoms with van der Waals surface area (Å²) in [6.07, 6.45) is 2.69. The van der Waals surface area contributed by atoms with Gasteiger partial charge >= 0.3 is 0 Å². The minimum atomic E-state index is -3.44. The maximum absolute atomic E-state index is 12.7. The van der Waals surface area contributed by atoms with Gasteiger partial charge in [-0.3, -0.25) is 0 Å². The van der Waals surface area contributed by atoms with Gasteiger partial charge in [0.05, 0.1) is 4.90 Å². The van der Waals surface area contributed by atoms with E-state index in [4.69, 9.17) is 5.11 Å². The fourth-order valence-corrected chi connectivity index (χ4v) is 4.36. The summed E-state index contributed by atoms with van der Waals surface area (Å²) in [5, 5.41) is 8.70. The third-order valence-corrected chi connectivity index (χ3v) is 5.49. The number of sulfonamides is 1. The first kappa shape index (κ1) is 15.0. The van der Waals surface area contributed by atoms with Crippen LogP contribution >= 0.6 is 0 Å². The minimum Gasteiger partial charge on any atom is -0.384 e. The number of aliphatic hydroxyl groups is 1. The van der Waals surface area contributed by atoms with Crippen molar-refractivity contribution in [2.45, 2.75) is 37.1 Å². The van der Waals surface area contributed by atoms with Gasteiger partial charge in [0.25, 0.3) is 0 Å². The minimum absolute atomic E-state index is 0.104. The molecule has 1 heterocycles. The van der Waals surface area contributed by atoms with Crippen LogP contribution in [0.1, 0.15) is 31.7 Å². The lowest BCUT2D eigenvalue weighted by atomic mass is 10.2. The zero-order chi connectivity index (χ0) is 14.6. The number of nitrogens with zero attached hydrogens (tertiary/aromatic N) is 1. The van der Waals surface area contributed by atoms with E-state index in [1.54, 1.807) is 28.6 Å². The molecule has 0 aliphatic carbocycles. The van der Waals surface area contributed by atoms with Gasteiger partial charge in [-0.1, -0.05) is 24.8 Å². The lowest BCUT2D eigenvalue weighted by molar-refractivity contribution is 0.350. The van der Waals surface area contributed by atoms with Gasteiger partial charge in [0.15, 0.2) is 0 Å². The Balaban J connectivity index is 2.34. The van der Waals surface area contributed by atoms with Crippen molar-refractivity contribution >= 4 is 10.0 Å². The van der Waals surface area contributed by atoms with Crippen LogP contribution in [0.2, 0.25) is 0 Å². The van der Waals surface area contributed by atoms with Gasteiger partial charge in [0.1, 0.15) is 6.61 Å². The van der Waals surface area contributed by atoms with Crippen molar-refractivity contribution < 1.29 is 13.5 Å². The summed E-state index contributed by atoms with van der Waals surface area (Å²) in [5.74, 6) is 5.27. The van der Waals surface area contributed by atoms with E-state index in [-0.39, 0.29) is 17.5 Å². The highest BCUT2D eigenvalue weighted by Crippen LogP contribution is 2.27. The maximum atomic E-state index is 12.7. The Morgan fingerprint density at radius 2 is 2.25 bits per heavy atom. The standard InChI is InChI=1S/C15H19NO3S/c1-2-14-8-4-10-16(14)20(18,19)15-9-3-6-13(12-15)7-5-11-17/h3,6,9,12,14,17H,2,4,8,10-11H2,1H3. The third-order valence-electron chi connectivity index (χ3n) is 3.55. The van der Waals surface area contributed by atoms with Crippen molar-refractivity contribution in [3.63, 3.8) is 0 Å². The smallest absolute Gasteiger partial charge is 0.243 e. The molecule has 0 saturated carbocycles. The van der Waals surface area contributed by atoms with Crippen LogP contribution in [0.15, 0.2) is 29.2 Å². The number of hydrogen-bond donors (Lipinski definition) is 1. The van der Waals surface area contributed by atoms with Gasteiger partial charge in [-0.25, -0.2) is 8.42 Å². The molecule has 4 nitrogen and oxygen atoms in total. The molecule has 1 saturated heterocycles. The van der Waals surface area contributed by atoms with Crippen LogP contribution in [-0.4, -0.2) is 37.0 Å². The molecule has 0 radical (unpaired) electrons. The molecule has 1 aromatic carbocycles. The van der Waals surface area contributed by atoms with Gasteiger partial charge in [-0.05, 0) is 37.5 Å². The van der Waals surface area contributed by atoms with Gasteiger partial charge < -0.3 is 5.11 Å². The molecule has 0 amide bonds. The summed E-state index contributed by atoms with van der Waals surface area (Å²) in [6.45, 7) is 2.37. The lowest BCUT2D eigenvalue weighted by Gasteiger charge is -2.23. The zero-order valence-electron chi connectivity index (χ0n) is 11.5. The molecule has 0 bridgehead atoms. The number of rotatable bonds is 3. The van der Waals surface area contributed by atoms with Crippen molar-refractivity contribution in [1.82, 2.24) is 4.31 Å². The van der Waals surface area contributed by atoms with E-state index < -0.39 is 10.0 Å². The van der Waals surface area contributed by atoms with E-state index in [2.05, 4.69) is 11.8 Å². The van der Waals surface area contributed by atoms with E-state index >= 15 is 0 Å². The molecule has 1 N–H and O–H groups in total. The lowest BCUT2D eigenvalue weighted by Crippen LogP contribution is -2.35. The van der Waals surface area contributed by atoms with Crippen LogP contribution in [0.4, 0.5) is 0 Å². The topological polar surface area (TPSA) is 57.6 Å². The van der Waals surface area contributed by atoms with Crippen LogP contribution in [-0.2, 0) is 10.0 Å². The molecule has 108 valence electrons. The van der Waals surface area contributed by atoms with E-state index in [0.29, 0.717) is 12.1 Å². The fourth-order valence-electron chi connectivity index (χ4n) is 2.54. The van der Waals surface area contributed by atoms with Crippen molar-refractivity contribution in [2.75, 3.05) is 13.2 Å². The highest BCUT2D eigenvalue weighted by molar-refractivity contribution is 7.89. The Kier molecular flexibility index (Phi) is 4.81. The summed E-state index contributed by atoms with van der Waals surface area (Å²) in [4.78, 5) is 0.280. The normalized spacial score (nSPS) is 19.6. The summed E-state index contributed by atoms with van der Waals surface area (Å²) in [5.41, 5.74) is 0.604. The summed E-state index contributed by atoms with van der Waals surface area (Å²) >= 11 is 0. The van der Waals surface area contributed by atoms with Gasteiger partial charge in [-0.15, -0.1) is 0 Å². The summed E-state index contributed by atoms with van der Waals surface area (Å²) < 4.78 is 26.9. The Morgan fingerprint density at radius 3 is 2.95 bits per heavy atom. The molecule has 1 fully saturated rings. The average molecular weight is 293 g/mol. The molecule has 1 unspecified atom stereocenters. The van der Waals surface area contributed by atoms with Crippen LogP contribution in [0.25, 0.3) is 0 Å². The van der Waals surface area contributed by atoms with Gasteiger partial charge in [0, 0.05) is 18.2 Å². The molecule has 1 aromatic rings. The number of aliphatic hydroxyl groups excluding tert-OH is 1. The quantitative estimate of drug-likeness (QED) is 0.861. The van der Waals surface area contributed by atoms with Crippen molar-refractivity contribution in [2.24, 2.45) is 0 Å². The molecular weight excluding hydrogens is 274 g/mol. The SMILES string of the molecule is CCC1CCCN1S(=O)(=O)c1cccc(C#CCO)c1. The Hall–Kier alpha value is -1.35. The van der Waals surface area contributed by atoms with Gasteiger partial charge in [0.2, 0.25) is 10.0 Å². The van der Waals surface area contributed by atoms with Crippen molar-refractivity contribution in [1.29, 1.82) is 0 Å². The van der Waals surface area contributed by atoms with E-state index in [0.717, 1.165) is 19.3 Å². The second kappa shape index (κ2) is 6.40. The molecule has 0 spiro atoms. The molecule has 1 aliphatic rings. The molecule has 0 aromatic heterocycles. The summed E-state index contributed by atoms with van der Waals surface area (Å²) in [7, 11) is -3.44. The first-order chi connectivity index (χ1) is 9.59. The predicted molar refractivity (Wildman–Crippen MR) is 77.6 cm³/mol. The van der Waals surface area contributed by atoms with E-state index in [1.807, 2.05) is 6.92 Å². The second-order valence-electron chi connectivity index (χ2n) is 4.81. The number of hydrogen-bond acceptors (Lipinski definition) is 3. The maximum Gasteiger partial charge on any atom is 0.243 e. The molecule has 1 atom stereocenters. The largest absolute Gasteiger partial charge is 0.384 e. The number of benzene rings is 1. The van der Waals surface area contributed by atoms with Crippen molar-refractivity contribution in [3.05, 3.63) is 29.8 Å². The first-order valence-electron chi connectivity index (χ1n) is 6.81. The van der Waals surface area contributed by atoms with Crippen molar-refractivity contribution in [3.8, 4) is 11.8 Å². The van der Waals surface area contributed by atoms with Crippen LogP contribution in [0.5, 0.6) is 0 Å². The van der Waals surface area contributed by atoms with E-state index in [9.17, 15) is 8.42 Å².